The van der Waals surface area contributed by atoms with Crippen molar-refractivity contribution in [1.82, 2.24) is 0 Å². The summed E-state index contributed by atoms with van der Waals surface area (Å²) >= 11 is 0. The molecule has 84 valence electrons. The molecule has 0 aliphatic carbocycles. The van der Waals surface area contributed by atoms with E-state index in [1.54, 1.807) is 0 Å². The van der Waals surface area contributed by atoms with E-state index >= 15 is 0 Å². The van der Waals surface area contributed by atoms with Crippen LogP contribution in [-0.2, 0) is 6.42 Å². The molecule has 0 radical (unpaired) electrons. The van der Waals surface area contributed by atoms with Gasteiger partial charge in [0.2, 0.25) is 0 Å². The average Bonchev–Trinajstić information content (AvgIpc) is 2.27. The molecule has 0 atom stereocenters. The third kappa shape index (κ3) is 3.92. The highest BCUT2D eigenvalue weighted by Crippen LogP contribution is 2.18. The lowest BCUT2D eigenvalue weighted by Gasteiger charge is -2.22. The summed E-state index contributed by atoms with van der Waals surface area (Å²) in [6.45, 7) is 7.66. The van der Waals surface area contributed by atoms with Crippen LogP contribution in [0.25, 0.3) is 0 Å². The zero-order valence-electron chi connectivity index (χ0n) is 9.92. The van der Waals surface area contributed by atoms with Gasteiger partial charge >= 0.3 is 0 Å². The standard InChI is InChI=1S/C13H21NO/c1-4-11-5-7-12(8-6-11)15-10-13(2,3)9-14/h5-8H,4,9-10,14H2,1-3H3. The van der Waals surface area contributed by atoms with E-state index in [1.165, 1.54) is 5.56 Å². The summed E-state index contributed by atoms with van der Waals surface area (Å²) < 4.78 is 5.68. The molecule has 0 amide bonds. The molecule has 0 aliphatic heterocycles. The molecule has 0 bridgehead atoms. The zero-order valence-corrected chi connectivity index (χ0v) is 9.92. The van der Waals surface area contributed by atoms with Crippen LogP contribution in [0, 0.1) is 5.41 Å². The van der Waals surface area contributed by atoms with Crippen molar-refractivity contribution in [3.63, 3.8) is 0 Å². The molecule has 0 saturated carbocycles. The molecule has 1 aromatic carbocycles. The van der Waals surface area contributed by atoms with Gasteiger partial charge in [-0.2, -0.15) is 0 Å². The molecule has 0 saturated heterocycles. The first kappa shape index (κ1) is 12.1. The maximum Gasteiger partial charge on any atom is 0.119 e. The fraction of sp³-hybridized carbons (Fsp3) is 0.538. The van der Waals surface area contributed by atoms with Gasteiger partial charge in [0.15, 0.2) is 0 Å². The Morgan fingerprint density at radius 1 is 1.20 bits per heavy atom. The predicted octanol–water partition coefficient (Wildman–Crippen LogP) is 2.61. The molecule has 0 aliphatic rings. The molecular formula is C13H21NO. The minimum atomic E-state index is 0.0451. The highest BCUT2D eigenvalue weighted by Gasteiger charge is 2.16. The van der Waals surface area contributed by atoms with Crippen molar-refractivity contribution in [2.24, 2.45) is 11.1 Å². The number of benzene rings is 1. The van der Waals surface area contributed by atoms with Crippen molar-refractivity contribution >= 4 is 0 Å². The molecule has 0 spiro atoms. The van der Waals surface area contributed by atoms with Gasteiger partial charge < -0.3 is 10.5 Å². The lowest BCUT2D eigenvalue weighted by molar-refractivity contribution is 0.187. The van der Waals surface area contributed by atoms with Crippen molar-refractivity contribution < 1.29 is 4.74 Å². The summed E-state index contributed by atoms with van der Waals surface area (Å²) in [5.41, 5.74) is 7.01. The van der Waals surface area contributed by atoms with Gasteiger partial charge in [-0.3, -0.25) is 0 Å². The Kier molecular flexibility index (Phi) is 4.15. The monoisotopic (exact) mass is 207 g/mol. The molecule has 2 N–H and O–H groups in total. The van der Waals surface area contributed by atoms with E-state index in [0.717, 1.165) is 12.2 Å². The topological polar surface area (TPSA) is 35.2 Å². The minimum absolute atomic E-state index is 0.0451. The molecule has 1 aromatic rings. The van der Waals surface area contributed by atoms with Gasteiger partial charge in [-0.05, 0) is 24.1 Å². The molecule has 2 heteroatoms. The maximum absolute atomic E-state index is 5.68. The zero-order chi connectivity index (χ0) is 11.3. The minimum Gasteiger partial charge on any atom is -0.493 e. The normalized spacial score (nSPS) is 11.5. The summed E-state index contributed by atoms with van der Waals surface area (Å²) in [6, 6.07) is 8.24. The molecular weight excluding hydrogens is 186 g/mol. The molecule has 1 rings (SSSR count). The number of rotatable bonds is 5. The number of hydrogen-bond acceptors (Lipinski definition) is 2. The number of ether oxygens (including phenoxy) is 1. The lowest BCUT2D eigenvalue weighted by atomic mass is 9.95. The van der Waals surface area contributed by atoms with Crippen molar-refractivity contribution in [2.45, 2.75) is 27.2 Å². The lowest BCUT2D eigenvalue weighted by Crippen LogP contribution is -2.30. The third-order valence-electron chi connectivity index (χ3n) is 2.51. The van der Waals surface area contributed by atoms with Gasteiger partial charge in [-0.1, -0.05) is 32.9 Å². The van der Waals surface area contributed by atoms with Gasteiger partial charge in [0.25, 0.3) is 0 Å². The van der Waals surface area contributed by atoms with E-state index < -0.39 is 0 Å². The smallest absolute Gasteiger partial charge is 0.119 e. The van der Waals surface area contributed by atoms with Gasteiger partial charge in [0.1, 0.15) is 5.75 Å². The van der Waals surface area contributed by atoms with Crippen LogP contribution in [0.3, 0.4) is 0 Å². The number of aryl methyl sites for hydroxylation is 1. The molecule has 2 nitrogen and oxygen atoms in total. The van der Waals surface area contributed by atoms with E-state index in [4.69, 9.17) is 10.5 Å². The molecule has 0 aromatic heterocycles. The number of hydrogen-bond donors (Lipinski definition) is 1. The quantitative estimate of drug-likeness (QED) is 0.805. The van der Waals surface area contributed by atoms with E-state index in [2.05, 4.69) is 32.9 Å². The van der Waals surface area contributed by atoms with Crippen LogP contribution in [0.4, 0.5) is 0 Å². The van der Waals surface area contributed by atoms with Crippen LogP contribution >= 0.6 is 0 Å². The predicted molar refractivity (Wildman–Crippen MR) is 64.2 cm³/mol. The van der Waals surface area contributed by atoms with Gasteiger partial charge in [-0.25, -0.2) is 0 Å². The summed E-state index contributed by atoms with van der Waals surface area (Å²) in [6.07, 6.45) is 1.06. The van der Waals surface area contributed by atoms with Crippen LogP contribution in [0.5, 0.6) is 5.75 Å². The summed E-state index contributed by atoms with van der Waals surface area (Å²) in [4.78, 5) is 0. The Morgan fingerprint density at radius 3 is 2.27 bits per heavy atom. The first-order valence-electron chi connectivity index (χ1n) is 5.49. The first-order chi connectivity index (χ1) is 7.07. The van der Waals surface area contributed by atoms with Gasteiger partial charge in [0.05, 0.1) is 6.61 Å². The molecule has 0 heterocycles. The SMILES string of the molecule is CCc1ccc(OCC(C)(C)CN)cc1. The van der Waals surface area contributed by atoms with Crippen LogP contribution in [0.2, 0.25) is 0 Å². The molecule has 0 unspecified atom stereocenters. The summed E-state index contributed by atoms with van der Waals surface area (Å²) in [5, 5.41) is 0. The summed E-state index contributed by atoms with van der Waals surface area (Å²) in [5.74, 6) is 0.925. The second-order valence-corrected chi connectivity index (χ2v) is 4.65. The van der Waals surface area contributed by atoms with Crippen LogP contribution in [-0.4, -0.2) is 13.2 Å². The first-order valence-corrected chi connectivity index (χ1v) is 5.49. The fourth-order valence-electron chi connectivity index (χ4n) is 1.16. The van der Waals surface area contributed by atoms with Crippen LogP contribution in [0.15, 0.2) is 24.3 Å². The maximum atomic E-state index is 5.68. The fourth-order valence-corrected chi connectivity index (χ4v) is 1.16. The van der Waals surface area contributed by atoms with E-state index in [1.807, 2.05) is 12.1 Å². The van der Waals surface area contributed by atoms with E-state index in [0.29, 0.717) is 13.2 Å². The largest absolute Gasteiger partial charge is 0.493 e. The molecule has 0 fully saturated rings. The molecule has 15 heavy (non-hydrogen) atoms. The van der Waals surface area contributed by atoms with Crippen molar-refractivity contribution in [3.05, 3.63) is 29.8 Å². The summed E-state index contributed by atoms with van der Waals surface area (Å²) in [7, 11) is 0. The second-order valence-electron chi connectivity index (χ2n) is 4.65. The Morgan fingerprint density at radius 2 is 1.80 bits per heavy atom. The van der Waals surface area contributed by atoms with E-state index in [9.17, 15) is 0 Å². The van der Waals surface area contributed by atoms with Gasteiger partial charge in [0, 0.05) is 12.0 Å². The van der Waals surface area contributed by atoms with Crippen molar-refractivity contribution in [2.75, 3.05) is 13.2 Å². The highest BCUT2D eigenvalue weighted by molar-refractivity contribution is 5.27. The number of nitrogens with two attached hydrogens (primary N) is 1. The van der Waals surface area contributed by atoms with Gasteiger partial charge in [-0.15, -0.1) is 0 Å². The Hall–Kier alpha value is -1.02. The third-order valence-corrected chi connectivity index (χ3v) is 2.51. The van der Waals surface area contributed by atoms with Crippen molar-refractivity contribution in [1.29, 1.82) is 0 Å². The Labute approximate surface area is 92.4 Å². The Bertz CT molecular complexity index is 290. The average molecular weight is 207 g/mol. The highest BCUT2D eigenvalue weighted by atomic mass is 16.5. The Balaban J connectivity index is 2.51. The van der Waals surface area contributed by atoms with Crippen LogP contribution < -0.4 is 10.5 Å². The van der Waals surface area contributed by atoms with E-state index in [-0.39, 0.29) is 5.41 Å². The van der Waals surface area contributed by atoms with Crippen LogP contribution in [0.1, 0.15) is 26.3 Å². The second kappa shape index (κ2) is 5.17. The van der Waals surface area contributed by atoms with Crippen molar-refractivity contribution in [3.8, 4) is 5.75 Å².